The van der Waals surface area contributed by atoms with Crippen molar-refractivity contribution >= 4 is 17.3 Å². The Kier molecular flexibility index (Phi) is 4.48. The van der Waals surface area contributed by atoms with Crippen molar-refractivity contribution in [3.8, 4) is 0 Å². The third-order valence-corrected chi connectivity index (χ3v) is 2.67. The van der Waals surface area contributed by atoms with E-state index < -0.39 is 6.10 Å². The molecule has 0 aromatic heterocycles. The minimum atomic E-state index is -0.436. The molecule has 2 N–H and O–H groups in total. The summed E-state index contributed by atoms with van der Waals surface area (Å²) in [4.78, 5) is 16.8. The average molecular weight is 264 g/mol. The van der Waals surface area contributed by atoms with Gasteiger partial charge in [0.05, 0.1) is 12.3 Å². The van der Waals surface area contributed by atoms with Crippen LogP contribution in [-0.2, 0) is 14.4 Å². The van der Waals surface area contributed by atoms with Crippen LogP contribution < -0.4 is 5.32 Å². The first kappa shape index (κ1) is 13.5. The summed E-state index contributed by atoms with van der Waals surface area (Å²) in [5.74, 6) is -0.293. The number of amides is 1. The number of fused-ring (bicyclic) bond motifs is 1. The second-order valence-electron chi connectivity index (χ2n) is 4.00. The third kappa shape index (κ3) is 3.10. The van der Waals surface area contributed by atoms with Gasteiger partial charge in [0.2, 0.25) is 0 Å². The van der Waals surface area contributed by atoms with Crippen LogP contribution in [0.1, 0.15) is 12.5 Å². The van der Waals surface area contributed by atoms with Gasteiger partial charge >= 0.3 is 0 Å². The standard InChI is InChI=1S/C13H16N2O4/c1-2-18-9(7-16)8-19-15-12-10-5-3-4-6-11(10)14-13(12)17/h3-6,9,16H,2,7-8H2,1H3,(H,14,15,17). The van der Waals surface area contributed by atoms with Gasteiger partial charge in [0, 0.05) is 12.2 Å². The highest BCUT2D eigenvalue weighted by Crippen LogP contribution is 2.22. The maximum absolute atomic E-state index is 11.7. The summed E-state index contributed by atoms with van der Waals surface area (Å²) in [6.07, 6.45) is -0.436. The van der Waals surface area contributed by atoms with Crippen molar-refractivity contribution < 1.29 is 19.5 Å². The lowest BCUT2D eigenvalue weighted by atomic mass is 10.1. The van der Waals surface area contributed by atoms with E-state index in [0.29, 0.717) is 12.2 Å². The van der Waals surface area contributed by atoms with Gasteiger partial charge in [-0.3, -0.25) is 4.79 Å². The van der Waals surface area contributed by atoms with Gasteiger partial charge in [0.1, 0.15) is 12.7 Å². The highest BCUT2D eigenvalue weighted by molar-refractivity contribution is 6.53. The van der Waals surface area contributed by atoms with Gasteiger partial charge in [0.25, 0.3) is 5.91 Å². The van der Waals surface area contributed by atoms with Crippen molar-refractivity contribution in [3.63, 3.8) is 0 Å². The normalized spacial score (nSPS) is 17.2. The van der Waals surface area contributed by atoms with Crippen LogP contribution in [0.15, 0.2) is 29.4 Å². The van der Waals surface area contributed by atoms with E-state index in [4.69, 9.17) is 14.7 Å². The van der Waals surface area contributed by atoms with Crippen molar-refractivity contribution in [3.05, 3.63) is 29.8 Å². The number of benzene rings is 1. The van der Waals surface area contributed by atoms with Crippen LogP contribution >= 0.6 is 0 Å². The van der Waals surface area contributed by atoms with E-state index in [9.17, 15) is 4.79 Å². The molecular weight excluding hydrogens is 248 g/mol. The Morgan fingerprint density at radius 1 is 1.42 bits per heavy atom. The number of hydrogen-bond donors (Lipinski definition) is 2. The van der Waals surface area contributed by atoms with Crippen LogP contribution in [0.5, 0.6) is 0 Å². The summed E-state index contributed by atoms with van der Waals surface area (Å²) < 4.78 is 5.21. The quantitative estimate of drug-likeness (QED) is 0.743. The van der Waals surface area contributed by atoms with Crippen molar-refractivity contribution in [1.29, 1.82) is 0 Å². The molecule has 19 heavy (non-hydrogen) atoms. The minimum absolute atomic E-state index is 0.100. The van der Waals surface area contributed by atoms with Gasteiger partial charge in [-0.15, -0.1) is 0 Å². The molecule has 1 amide bonds. The van der Waals surface area contributed by atoms with E-state index in [2.05, 4.69) is 10.5 Å². The SMILES string of the molecule is CCOC(CO)CON=C1C(=O)Nc2ccccc21. The van der Waals surface area contributed by atoms with Gasteiger partial charge in [-0.2, -0.15) is 0 Å². The maximum Gasteiger partial charge on any atom is 0.278 e. The minimum Gasteiger partial charge on any atom is -0.394 e. The third-order valence-electron chi connectivity index (χ3n) is 2.67. The molecule has 6 heteroatoms. The van der Waals surface area contributed by atoms with Crippen molar-refractivity contribution in [2.45, 2.75) is 13.0 Å². The number of aliphatic hydroxyl groups is 1. The number of oxime groups is 1. The Bertz CT molecular complexity index is 487. The van der Waals surface area contributed by atoms with Gasteiger partial charge in [-0.05, 0) is 13.0 Å². The zero-order chi connectivity index (χ0) is 13.7. The second-order valence-corrected chi connectivity index (χ2v) is 4.00. The highest BCUT2D eigenvalue weighted by atomic mass is 16.6. The van der Waals surface area contributed by atoms with Gasteiger partial charge < -0.3 is 20.0 Å². The van der Waals surface area contributed by atoms with Gasteiger partial charge in [-0.25, -0.2) is 0 Å². The van der Waals surface area contributed by atoms with Crippen molar-refractivity contribution in [2.75, 3.05) is 25.1 Å². The smallest absolute Gasteiger partial charge is 0.278 e. The van der Waals surface area contributed by atoms with Crippen LogP contribution in [0, 0.1) is 0 Å². The molecule has 0 saturated heterocycles. The van der Waals surface area contributed by atoms with Crippen molar-refractivity contribution in [1.82, 2.24) is 0 Å². The molecule has 102 valence electrons. The fourth-order valence-corrected chi connectivity index (χ4v) is 1.77. The molecule has 0 radical (unpaired) electrons. The number of anilines is 1. The second kappa shape index (κ2) is 6.31. The number of hydrogen-bond acceptors (Lipinski definition) is 5. The van der Waals surface area contributed by atoms with E-state index in [0.717, 1.165) is 5.69 Å². The van der Waals surface area contributed by atoms with E-state index in [-0.39, 0.29) is 24.8 Å². The Morgan fingerprint density at radius 2 is 2.21 bits per heavy atom. The monoisotopic (exact) mass is 264 g/mol. The molecule has 1 aromatic rings. The van der Waals surface area contributed by atoms with Gasteiger partial charge in [-0.1, -0.05) is 23.4 Å². The van der Waals surface area contributed by atoms with E-state index in [1.807, 2.05) is 19.1 Å². The number of carbonyl (C=O) groups excluding carboxylic acids is 1. The summed E-state index contributed by atoms with van der Waals surface area (Å²) in [5, 5.41) is 15.5. The topological polar surface area (TPSA) is 80.2 Å². The summed E-state index contributed by atoms with van der Waals surface area (Å²) in [5.41, 5.74) is 1.67. The lowest BCUT2D eigenvalue weighted by molar-refractivity contribution is -0.110. The number of ether oxygens (including phenoxy) is 1. The maximum atomic E-state index is 11.7. The molecule has 1 aromatic carbocycles. The molecule has 1 aliphatic heterocycles. The van der Waals surface area contributed by atoms with E-state index in [1.54, 1.807) is 12.1 Å². The van der Waals surface area contributed by atoms with Crippen LogP contribution in [0.3, 0.4) is 0 Å². The van der Waals surface area contributed by atoms with Crippen LogP contribution in [-0.4, -0.2) is 42.7 Å². The van der Waals surface area contributed by atoms with E-state index >= 15 is 0 Å². The molecule has 1 heterocycles. The van der Waals surface area contributed by atoms with Gasteiger partial charge in [0.15, 0.2) is 5.71 Å². The Morgan fingerprint density at radius 3 is 2.95 bits per heavy atom. The zero-order valence-corrected chi connectivity index (χ0v) is 10.6. The molecule has 6 nitrogen and oxygen atoms in total. The predicted octanol–water partition coefficient (Wildman–Crippen LogP) is 0.757. The number of aliphatic hydroxyl groups excluding tert-OH is 1. The average Bonchev–Trinajstić information content (AvgIpc) is 2.74. The number of nitrogens with one attached hydrogen (secondary N) is 1. The van der Waals surface area contributed by atoms with Crippen LogP contribution in [0.25, 0.3) is 0 Å². The van der Waals surface area contributed by atoms with Crippen LogP contribution in [0.4, 0.5) is 5.69 Å². The Hall–Kier alpha value is -1.92. The van der Waals surface area contributed by atoms with Crippen molar-refractivity contribution in [2.24, 2.45) is 5.16 Å². The molecule has 0 saturated carbocycles. The number of nitrogens with zero attached hydrogens (tertiary/aromatic N) is 1. The molecule has 0 bridgehead atoms. The number of carbonyl (C=O) groups is 1. The summed E-state index contributed by atoms with van der Waals surface area (Å²) in [7, 11) is 0. The first-order valence-corrected chi connectivity index (χ1v) is 6.09. The summed E-state index contributed by atoms with van der Waals surface area (Å²) in [6, 6.07) is 7.25. The lowest BCUT2D eigenvalue weighted by Gasteiger charge is -2.12. The first-order valence-electron chi connectivity index (χ1n) is 6.09. The predicted molar refractivity (Wildman–Crippen MR) is 70.1 cm³/mol. The molecule has 0 aliphatic carbocycles. The number of para-hydroxylation sites is 1. The molecular formula is C13H16N2O4. The number of rotatable bonds is 6. The molecule has 1 atom stereocenters. The Labute approximate surface area is 111 Å². The largest absolute Gasteiger partial charge is 0.394 e. The molecule has 0 spiro atoms. The molecule has 2 rings (SSSR count). The molecule has 1 aliphatic rings. The first-order chi connectivity index (χ1) is 9.26. The van der Waals surface area contributed by atoms with E-state index in [1.165, 1.54) is 0 Å². The molecule has 1 unspecified atom stereocenters. The lowest BCUT2D eigenvalue weighted by Crippen LogP contribution is -2.23. The fraction of sp³-hybridized carbons (Fsp3) is 0.385. The zero-order valence-electron chi connectivity index (χ0n) is 10.6. The summed E-state index contributed by atoms with van der Waals surface area (Å²) in [6.45, 7) is 2.26. The molecule has 0 fully saturated rings. The summed E-state index contributed by atoms with van der Waals surface area (Å²) >= 11 is 0. The fourth-order valence-electron chi connectivity index (χ4n) is 1.77. The van der Waals surface area contributed by atoms with Crippen LogP contribution in [0.2, 0.25) is 0 Å². The highest BCUT2D eigenvalue weighted by Gasteiger charge is 2.26. The Balaban J connectivity index is 2.02.